The van der Waals surface area contributed by atoms with E-state index in [-0.39, 0.29) is 0 Å². The monoisotopic (exact) mass is 255 g/mol. The predicted octanol–water partition coefficient (Wildman–Crippen LogP) is 1.01. The highest BCUT2D eigenvalue weighted by molar-refractivity contribution is 9.10. The van der Waals surface area contributed by atoms with E-state index in [1.807, 2.05) is 25.5 Å². The standard InChI is InChI=1S/C8H10BrN5/c1-13-3-2-6(11-13)4-14-5-7(9)8(10)12-14/h2-3,5H,4H2,1H3,(H2,10,12). The number of nitrogens with zero attached hydrogens (tertiary/aromatic N) is 4. The Kier molecular flexibility index (Phi) is 2.28. The van der Waals surface area contributed by atoms with Crippen LogP contribution in [-0.4, -0.2) is 19.6 Å². The van der Waals surface area contributed by atoms with Gasteiger partial charge in [-0.15, -0.1) is 0 Å². The van der Waals surface area contributed by atoms with Crippen molar-refractivity contribution in [1.29, 1.82) is 0 Å². The molecule has 0 saturated carbocycles. The molecule has 0 spiro atoms. The summed E-state index contributed by atoms with van der Waals surface area (Å²) >= 11 is 3.30. The van der Waals surface area contributed by atoms with Gasteiger partial charge in [0.1, 0.15) is 0 Å². The number of hydrogen-bond acceptors (Lipinski definition) is 3. The molecule has 0 fully saturated rings. The number of anilines is 1. The van der Waals surface area contributed by atoms with Crippen molar-refractivity contribution in [3.63, 3.8) is 0 Å². The van der Waals surface area contributed by atoms with Gasteiger partial charge in [-0.2, -0.15) is 10.2 Å². The molecule has 6 heteroatoms. The van der Waals surface area contributed by atoms with E-state index in [4.69, 9.17) is 5.73 Å². The molecule has 0 aliphatic carbocycles. The van der Waals surface area contributed by atoms with E-state index in [2.05, 4.69) is 26.1 Å². The predicted molar refractivity (Wildman–Crippen MR) is 56.6 cm³/mol. The smallest absolute Gasteiger partial charge is 0.159 e. The van der Waals surface area contributed by atoms with Crippen molar-refractivity contribution in [1.82, 2.24) is 19.6 Å². The highest BCUT2D eigenvalue weighted by Crippen LogP contribution is 2.16. The Morgan fingerprint density at radius 1 is 1.50 bits per heavy atom. The van der Waals surface area contributed by atoms with Crippen LogP contribution in [-0.2, 0) is 13.6 Å². The summed E-state index contributed by atoms with van der Waals surface area (Å²) < 4.78 is 4.33. The summed E-state index contributed by atoms with van der Waals surface area (Å²) in [6.07, 6.45) is 3.74. The number of aromatic nitrogens is 4. The van der Waals surface area contributed by atoms with Gasteiger partial charge in [-0.05, 0) is 22.0 Å². The highest BCUT2D eigenvalue weighted by Gasteiger charge is 2.03. The second kappa shape index (κ2) is 3.45. The molecule has 2 rings (SSSR count). The molecule has 0 amide bonds. The number of rotatable bonds is 2. The lowest BCUT2D eigenvalue weighted by molar-refractivity contribution is 0.652. The van der Waals surface area contributed by atoms with Crippen LogP contribution in [0.4, 0.5) is 5.82 Å². The molecule has 14 heavy (non-hydrogen) atoms. The van der Waals surface area contributed by atoms with E-state index in [1.54, 1.807) is 9.36 Å². The van der Waals surface area contributed by atoms with E-state index < -0.39 is 0 Å². The van der Waals surface area contributed by atoms with Crippen molar-refractivity contribution in [3.05, 3.63) is 28.6 Å². The van der Waals surface area contributed by atoms with Gasteiger partial charge in [-0.3, -0.25) is 9.36 Å². The Morgan fingerprint density at radius 2 is 2.29 bits per heavy atom. The molecule has 2 aromatic heterocycles. The first-order valence-electron chi connectivity index (χ1n) is 4.12. The molecule has 0 atom stereocenters. The van der Waals surface area contributed by atoms with Crippen molar-refractivity contribution in [2.45, 2.75) is 6.54 Å². The maximum atomic E-state index is 5.60. The molecular formula is C8H10BrN5. The molecule has 2 aromatic rings. The summed E-state index contributed by atoms with van der Waals surface area (Å²) in [6.45, 7) is 0.636. The molecular weight excluding hydrogens is 246 g/mol. The summed E-state index contributed by atoms with van der Waals surface area (Å²) in [5, 5.41) is 8.36. The fourth-order valence-corrected chi connectivity index (χ4v) is 1.52. The lowest BCUT2D eigenvalue weighted by Crippen LogP contribution is -2.02. The molecule has 74 valence electrons. The topological polar surface area (TPSA) is 61.7 Å². The van der Waals surface area contributed by atoms with Crippen LogP contribution < -0.4 is 5.73 Å². The van der Waals surface area contributed by atoms with E-state index >= 15 is 0 Å². The third kappa shape index (κ3) is 1.79. The van der Waals surface area contributed by atoms with Crippen LogP contribution in [0.1, 0.15) is 5.69 Å². The zero-order chi connectivity index (χ0) is 10.1. The fraction of sp³-hybridized carbons (Fsp3) is 0.250. The Bertz CT molecular complexity index is 425. The van der Waals surface area contributed by atoms with Crippen LogP contribution in [0, 0.1) is 0 Å². The van der Waals surface area contributed by atoms with E-state index in [0.717, 1.165) is 10.2 Å². The molecule has 0 aromatic carbocycles. The first kappa shape index (κ1) is 9.26. The van der Waals surface area contributed by atoms with E-state index in [9.17, 15) is 0 Å². The third-order valence-corrected chi connectivity index (χ3v) is 2.45. The van der Waals surface area contributed by atoms with E-state index in [1.165, 1.54) is 0 Å². The minimum atomic E-state index is 0.501. The minimum absolute atomic E-state index is 0.501. The Hall–Kier alpha value is -1.30. The van der Waals surface area contributed by atoms with Crippen LogP contribution in [0.25, 0.3) is 0 Å². The average molecular weight is 256 g/mol. The van der Waals surface area contributed by atoms with Crippen LogP contribution in [0.2, 0.25) is 0 Å². The highest BCUT2D eigenvalue weighted by atomic mass is 79.9. The van der Waals surface area contributed by atoms with Crippen molar-refractivity contribution in [2.24, 2.45) is 7.05 Å². The van der Waals surface area contributed by atoms with Crippen LogP contribution in [0.5, 0.6) is 0 Å². The third-order valence-electron chi connectivity index (χ3n) is 1.84. The van der Waals surface area contributed by atoms with Crippen LogP contribution in [0.3, 0.4) is 0 Å². The lowest BCUT2D eigenvalue weighted by Gasteiger charge is -1.95. The second-order valence-electron chi connectivity index (χ2n) is 3.04. The summed E-state index contributed by atoms with van der Waals surface area (Å²) in [4.78, 5) is 0. The Balaban J connectivity index is 2.18. The van der Waals surface area contributed by atoms with Gasteiger partial charge in [0.25, 0.3) is 0 Å². The Morgan fingerprint density at radius 3 is 2.79 bits per heavy atom. The maximum absolute atomic E-state index is 5.60. The van der Waals surface area contributed by atoms with Gasteiger partial charge in [-0.25, -0.2) is 0 Å². The van der Waals surface area contributed by atoms with Crippen molar-refractivity contribution in [3.8, 4) is 0 Å². The van der Waals surface area contributed by atoms with Gasteiger partial charge in [0.2, 0.25) is 0 Å². The van der Waals surface area contributed by atoms with Crippen molar-refractivity contribution >= 4 is 21.7 Å². The molecule has 0 aliphatic heterocycles. The summed E-state index contributed by atoms with van der Waals surface area (Å²) in [5.74, 6) is 0.501. The summed E-state index contributed by atoms with van der Waals surface area (Å²) in [5.41, 5.74) is 6.56. The zero-order valence-electron chi connectivity index (χ0n) is 7.68. The minimum Gasteiger partial charge on any atom is -0.381 e. The lowest BCUT2D eigenvalue weighted by atomic mass is 10.4. The molecule has 0 saturated heterocycles. The van der Waals surface area contributed by atoms with Gasteiger partial charge >= 0.3 is 0 Å². The first-order chi connectivity index (χ1) is 6.65. The van der Waals surface area contributed by atoms with Crippen LogP contribution in [0.15, 0.2) is 22.9 Å². The molecule has 0 bridgehead atoms. The molecule has 0 radical (unpaired) electrons. The number of aryl methyl sites for hydroxylation is 1. The summed E-state index contributed by atoms with van der Waals surface area (Å²) in [7, 11) is 1.89. The van der Waals surface area contributed by atoms with Crippen molar-refractivity contribution < 1.29 is 0 Å². The van der Waals surface area contributed by atoms with Gasteiger partial charge in [0.15, 0.2) is 5.82 Å². The Labute approximate surface area is 89.6 Å². The molecule has 2 N–H and O–H groups in total. The van der Waals surface area contributed by atoms with Crippen molar-refractivity contribution in [2.75, 3.05) is 5.73 Å². The quantitative estimate of drug-likeness (QED) is 0.872. The van der Waals surface area contributed by atoms with Gasteiger partial charge in [0, 0.05) is 19.4 Å². The zero-order valence-corrected chi connectivity index (χ0v) is 9.27. The molecule has 2 heterocycles. The number of nitrogens with two attached hydrogens (primary N) is 1. The molecule has 5 nitrogen and oxygen atoms in total. The maximum Gasteiger partial charge on any atom is 0.159 e. The first-order valence-corrected chi connectivity index (χ1v) is 4.91. The van der Waals surface area contributed by atoms with Gasteiger partial charge in [0.05, 0.1) is 16.7 Å². The average Bonchev–Trinajstić information content (AvgIpc) is 2.62. The second-order valence-corrected chi connectivity index (χ2v) is 3.89. The normalized spacial score (nSPS) is 10.7. The van der Waals surface area contributed by atoms with E-state index in [0.29, 0.717) is 12.4 Å². The van der Waals surface area contributed by atoms with Gasteiger partial charge < -0.3 is 5.73 Å². The summed E-state index contributed by atoms with van der Waals surface area (Å²) in [6, 6.07) is 1.95. The molecule has 0 aliphatic rings. The van der Waals surface area contributed by atoms with Gasteiger partial charge in [-0.1, -0.05) is 0 Å². The fourth-order valence-electron chi connectivity index (χ4n) is 1.21. The number of halogens is 1. The molecule has 0 unspecified atom stereocenters. The largest absolute Gasteiger partial charge is 0.381 e. The van der Waals surface area contributed by atoms with Crippen LogP contribution >= 0.6 is 15.9 Å². The number of nitrogen functional groups attached to an aromatic ring is 1. The number of hydrogen-bond donors (Lipinski definition) is 1. The SMILES string of the molecule is Cn1ccc(Cn2cc(Br)c(N)n2)n1.